The van der Waals surface area contributed by atoms with Gasteiger partial charge in [0.05, 0.1) is 12.1 Å². The molecule has 7 heteroatoms. The van der Waals surface area contributed by atoms with E-state index >= 15 is 0 Å². The molecule has 0 radical (unpaired) electrons. The molecule has 0 spiro atoms. The summed E-state index contributed by atoms with van der Waals surface area (Å²) in [5.74, 6) is 0.590. The van der Waals surface area contributed by atoms with Gasteiger partial charge in [-0.25, -0.2) is 0 Å². The molecular formula is C17H33N5O2. The molecule has 0 aromatic heterocycles. The first-order valence-electron chi connectivity index (χ1n) is 8.77. The molecule has 2 unspecified atom stereocenters. The maximum atomic E-state index is 11.0. The van der Waals surface area contributed by atoms with Crippen molar-refractivity contribution in [3.8, 4) is 0 Å². The van der Waals surface area contributed by atoms with Crippen LogP contribution in [0.25, 0.3) is 0 Å². The molecule has 1 aliphatic heterocycles. The molecular weight excluding hydrogens is 306 g/mol. The molecule has 1 aliphatic carbocycles. The number of nitrogens with one attached hydrogen (secondary N) is 2. The highest BCUT2D eigenvalue weighted by atomic mass is 16.5. The van der Waals surface area contributed by atoms with Gasteiger partial charge in [0.15, 0.2) is 5.96 Å². The number of nitrogens with two attached hydrogens (primary N) is 1. The van der Waals surface area contributed by atoms with E-state index in [-0.39, 0.29) is 16.9 Å². The molecule has 1 amide bonds. The number of hydrogen-bond donors (Lipinski definition) is 3. The third-order valence-corrected chi connectivity index (χ3v) is 6.12. The second-order valence-electron chi connectivity index (χ2n) is 7.79. The lowest BCUT2D eigenvalue weighted by atomic mass is 9.56. The van der Waals surface area contributed by atoms with Crippen molar-refractivity contribution < 1.29 is 9.53 Å². The van der Waals surface area contributed by atoms with E-state index < -0.39 is 0 Å². The second-order valence-corrected chi connectivity index (χ2v) is 7.79. The number of amides is 1. The van der Waals surface area contributed by atoms with Crippen LogP contribution in [0.4, 0.5) is 0 Å². The number of hydrogen-bond acceptors (Lipinski definition) is 4. The average Bonchev–Trinajstić information content (AvgIpc) is 2.54. The Morgan fingerprint density at radius 3 is 2.38 bits per heavy atom. The van der Waals surface area contributed by atoms with Crippen molar-refractivity contribution in [2.45, 2.75) is 57.7 Å². The molecule has 4 N–H and O–H groups in total. The fourth-order valence-electron chi connectivity index (χ4n) is 3.71. The molecule has 2 fully saturated rings. The molecule has 1 saturated heterocycles. The summed E-state index contributed by atoms with van der Waals surface area (Å²) in [6.07, 6.45) is 2.93. The van der Waals surface area contributed by atoms with Crippen molar-refractivity contribution in [1.29, 1.82) is 0 Å². The fraction of sp³-hybridized carbons (Fsp3) is 0.882. The summed E-state index contributed by atoms with van der Waals surface area (Å²) in [6.45, 7) is 8.74. The lowest BCUT2D eigenvalue weighted by Gasteiger charge is -2.59. The molecule has 1 saturated carbocycles. The van der Waals surface area contributed by atoms with Crippen molar-refractivity contribution in [3.63, 3.8) is 0 Å². The van der Waals surface area contributed by atoms with Crippen LogP contribution < -0.4 is 16.4 Å². The minimum atomic E-state index is -0.257. The van der Waals surface area contributed by atoms with Crippen LogP contribution in [-0.4, -0.2) is 68.2 Å². The van der Waals surface area contributed by atoms with Crippen molar-refractivity contribution in [2.75, 3.05) is 33.8 Å². The minimum Gasteiger partial charge on any atom is -0.378 e. The van der Waals surface area contributed by atoms with Gasteiger partial charge in [-0.05, 0) is 26.2 Å². The van der Waals surface area contributed by atoms with Gasteiger partial charge in [0, 0.05) is 44.7 Å². The van der Waals surface area contributed by atoms with Crippen molar-refractivity contribution >= 4 is 11.9 Å². The molecule has 0 bridgehead atoms. The van der Waals surface area contributed by atoms with Gasteiger partial charge in [-0.3, -0.25) is 14.7 Å². The number of likely N-dealkylation sites (tertiary alicyclic amines) is 1. The normalized spacial score (nSPS) is 31.4. The smallest absolute Gasteiger partial charge is 0.231 e. The monoisotopic (exact) mass is 339 g/mol. The van der Waals surface area contributed by atoms with Crippen LogP contribution in [0.2, 0.25) is 0 Å². The molecule has 1 heterocycles. The van der Waals surface area contributed by atoms with Gasteiger partial charge in [-0.2, -0.15) is 0 Å². The largest absolute Gasteiger partial charge is 0.378 e. The Balaban J connectivity index is 1.81. The highest BCUT2D eigenvalue weighted by Gasteiger charge is 2.58. The minimum absolute atomic E-state index is 0.0459. The molecule has 0 aromatic carbocycles. The quantitative estimate of drug-likeness (QED) is 0.495. The lowest BCUT2D eigenvalue weighted by Crippen LogP contribution is -2.69. The van der Waals surface area contributed by atoms with E-state index in [1.54, 1.807) is 14.2 Å². The van der Waals surface area contributed by atoms with Crippen molar-refractivity contribution in [3.05, 3.63) is 0 Å². The van der Waals surface area contributed by atoms with Gasteiger partial charge >= 0.3 is 0 Å². The Hall–Kier alpha value is -1.34. The predicted octanol–water partition coefficient (Wildman–Crippen LogP) is 0.305. The van der Waals surface area contributed by atoms with Gasteiger partial charge in [0.2, 0.25) is 5.91 Å². The Kier molecular flexibility index (Phi) is 5.75. The number of guanidine groups is 1. The zero-order valence-electron chi connectivity index (χ0n) is 15.7. The summed E-state index contributed by atoms with van der Waals surface area (Å²) >= 11 is 0. The highest BCUT2D eigenvalue weighted by molar-refractivity contribution is 5.80. The van der Waals surface area contributed by atoms with Gasteiger partial charge in [0.1, 0.15) is 0 Å². The second kappa shape index (κ2) is 7.27. The number of carbonyl (C=O) groups is 1. The van der Waals surface area contributed by atoms with Crippen LogP contribution in [0.3, 0.4) is 0 Å². The van der Waals surface area contributed by atoms with Crippen LogP contribution in [-0.2, 0) is 9.53 Å². The van der Waals surface area contributed by atoms with E-state index in [2.05, 4.69) is 41.3 Å². The fourth-order valence-corrected chi connectivity index (χ4v) is 3.71. The maximum Gasteiger partial charge on any atom is 0.231 e. The summed E-state index contributed by atoms with van der Waals surface area (Å²) in [5, 5.41) is 7.06. The van der Waals surface area contributed by atoms with E-state index in [4.69, 9.17) is 10.5 Å². The first kappa shape index (κ1) is 19.0. The van der Waals surface area contributed by atoms with Crippen LogP contribution in [0.15, 0.2) is 4.99 Å². The first-order chi connectivity index (χ1) is 11.2. The topological polar surface area (TPSA) is 92.0 Å². The summed E-state index contributed by atoms with van der Waals surface area (Å²) in [7, 11) is 3.59. The molecule has 2 atom stereocenters. The number of methoxy groups -OCH3 is 1. The summed E-state index contributed by atoms with van der Waals surface area (Å²) < 4.78 is 5.68. The number of carbonyl (C=O) groups excluding carboxylic acids is 1. The Morgan fingerprint density at radius 1 is 1.29 bits per heavy atom. The van der Waals surface area contributed by atoms with E-state index in [1.807, 2.05) is 0 Å². The van der Waals surface area contributed by atoms with E-state index in [0.717, 1.165) is 38.3 Å². The number of nitrogens with zero attached hydrogens (tertiary/aromatic N) is 2. The summed E-state index contributed by atoms with van der Waals surface area (Å²) in [5.41, 5.74) is 5.21. The average molecular weight is 339 g/mol. The van der Waals surface area contributed by atoms with Gasteiger partial charge < -0.3 is 21.1 Å². The summed E-state index contributed by atoms with van der Waals surface area (Å²) in [6, 6.07) is 0.709. The Labute approximate surface area is 145 Å². The van der Waals surface area contributed by atoms with Gasteiger partial charge in [-0.1, -0.05) is 13.8 Å². The number of piperidine rings is 1. The van der Waals surface area contributed by atoms with E-state index in [0.29, 0.717) is 18.6 Å². The first-order valence-corrected chi connectivity index (χ1v) is 8.77. The Bertz CT molecular complexity index is 485. The molecule has 138 valence electrons. The van der Waals surface area contributed by atoms with Crippen LogP contribution in [0, 0.1) is 5.41 Å². The Morgan fingerprint density at radius 2 is 1.92 bits per heavy atom. The molecule has 7 nitrogen and oxygen atoms in total. The van der Waals surface area contributed by atoms with Gasteiger partial charge in [-0.15, -0.1) is 0 Å². The zero-order valence-corrected chi connectivity index (χ0v) is 15.7. The standard InChI is InChI=1S/C17H33N5O2/c1-16(2)13(10-17(16,3)24-5)21-15(19-4)20-12-6-8-22(9-7-12)11-14(18)23/h12-13H,6-11H2,1-5H3,(H2,18,23)(H2,19,20,21). The molecule has 2 aliphatic rings. The highest BCUT2D eigenvalue weighted by Crippen LogP contribution is 2.51. The molecule has 0 aromatic rings. The van der Waals surface area contributed by atoms with Crippen molar-refractivity contribution in [1.82, 2.24) is 15.5 Å². The SMILES string of the molecule is CN=C(NC1CCN(CC(N)=O)CC1)NC1CC(C)(OC)C1(C)C. The number of aliphatic imine (C=N–C) groups is 1. The third kappa shape index (κ3) is 3.83. The van der Waals surface area contributed by atoms with E-state index in [9.17, 15) is 4.79 Å². The zero-order chi connectivity index (χ0) is 18.0. The maximum absolute atomic E-state index is 11.0. The third-order valence-electron chi connectivity index (χ3n) is 6.12. The van der Waals surface area contributed by atoms with Crippen LogP contribution in [0.5, 0.6) is 0 Å². The van der Waals surface area contributed by atoms with Crippen molar-refractivity contribution in [2.24, 2.45) is 16.1 Å². The lowest BCUT2D eigenvalue weighted by molar-refractivity contribution is -0.176. The van der Waals surface area contributed by atoms with Gasteiger partial charge in [0.25, 0.3) is 0 Å². The molecule has 2 rings (SSSR count). The molecule has 24 heavy (non-hydrogen) atoms. The number of primary amides is 1. The number of rotatable bonds is 5. The van der Waals surface area contributed by atoms with Crippen LogP contribution >= 0.6 is 0 Å². The number of ether oxygens (including phenoxy) is 1. The van der Waals surface area contributed by atoms with Crippen LogP contribution in [0.1, 0.15) is 40.0 Å². The van der Waals surface area contributed by atoms with E-state index in [1.165, 1.54) is 0 Å². The summed E-state index contributed by atoms with van der Waals surface area (Å²) in [4.78, 5) is 17.5. The predicted molar refractivity (Wildman–Crippen MR) is 95.9 cm³/mol.